The number of carboxylic acid groups (broad SMARTS) is 1. The van der Waals surface area contributed by atoms with E-state index in [1.807, 2.05) is 48.5 Å². The van der Waals surface area contributed by atoms with Gasteiger partial charge in [-0.1, -0.05) is 55.8 Å². The van der Waals surface area contributed by atoms with Crippen LogP contribution in [0.25, 0.3) is 0 Å². The van der Waals surface area contributed by atoms with E-state index in [4.69, 9.17) is 37.9 Å². The summed E-state index contributed by atoms with van der Waals surface area (Å²) in [6, 6.07) is 25.7. The predicted octanol–water partition coefficient (Wildman–Crippen LogP) is 8.51. The second-order valence-electron chi connectivity index (χ2n) is 13.9. The molecule has 5 rings (SSSR count). The Bertz CT molecular complexity index is 1820. The Labute approximate surface area is 331 Å². The molecule has 0 unspecified atom stereocenters. The number of piperidine rings is 1. The molecule has 1 aliphatic rings. The van der Waals surface area contributed by atoms with Gasteiger partial charge in [-0.05, 0) is 92.1 Å². The van der Waals surface area contributed by atoms with Crippen LogP contribution in [0.4, 0.5) is 0 Å². The van der Waals surface area contributed by atoms with Gasteiger partial charge in [-0.2, -0.15) is 0 Å². The molecule has 0 saturated carbocycles. The van der Waals surface area contributed by atoms with Crippen molar-refractivity contribution in [2.45, 2.75) is 70.1 Å². The number of benzene rings is 4. The number of hydrogen-bond acceptors (Lipinski definition) is 10. The lowest BCUT2D eigenvalue weighted by molar-refractivity contribution is -0.139. The van der Waals surface area contributed by atoms with Crippen LogP contribution in [0.5, 0.6) is 40.2 Å². The third-order valence-corrected chi connectivity index (χ3v) is 10.5. The number of aliphatic carboxylic acids is 1. The third-order valence-electron chi connectivity index (χ3n) is 10.5. The normalized spacial score (nSPS) is 15.4. The minimum absolute atomic E-state index is 0.199. The molecular formula is C45H57NO10. The summed E-state index contributed by atoms with van der Waals surface area (Å²) in [7, 11) is 8.21. The van der Waals surface area contributed by atoms with Crippen molar-refractivity contribution in [2.24, 2.45) is 0 Å². The third kappa shape index (κ3) is 11.0. The lowest BCUT2D eigenvalue weighted by Crippen LogP contribution is -2.44. The fourth-order valence-electron chi connectivity index (χ4n) is 7.41. The predicted molar refractivity (Wildman–Crippen MR) is 215 cm³/mol. The van der Waals surface area contributed by atoms with Gasteiger partial charge in [0.25, 0.3) is 0 Å². The number of carbonyl (C=O) groups is 1. The summed E-state index contributed by atoms with van der Waals surface area (Å²) in [6.07, 6.45) is 5.43. The minimum Gasteiger partial charge on any atom is -0.493 e. The molecular weight excluding hydrogens is 714 g/mol. The molecule has 0 spiro atoms. The molecule has 11 heteroatoms. The Hall–Kier alpha value is -5.13. The number of hydrogen-bond donors (Lipinski definition) is 1. The molecule has 1 N–H and O–H groups in total. The second-order valence-corrected chi connectivity index (χ2v) is 13.9. The highest BCUT2D eigenvalue weighted by atomic mass is 16.5. The molecule has 0 amide bonds. The largest absolute Gasteiger partial charge is 0.493 e. The van der Waals surface area contributed by atoms with E-state index in [2.05, 4.69) is 36.1 Å². The lowest BCUT2D eigenvalue weighted by Gasteiger charge is -2.38. The summed E-state index contributed by atoms with van der Waals surface area (Å²) in [5.41, 5.74) is 3.96. The van der Waals surface area contributed by atoms with E-state index in [9.17, 15) is 9.90 Å². The van der Waals surface area contributed by atoms with Crippen LogP contribution < -0.4 is 33.2 Å². The number of carboxylic acids is 1. The van der Waals surface area contributed by atoms with Gasteiger partial charge in [0, 0.05) is 23.7 Å². The van der Waals surface area contributed by atoms with Gasteiger partial charge in [0.15, 0.2) is 29.6 Å². The molecule has 11 nitrogen and oxygen atoms in total. The van der Waals surface area contributed by atoms with Crippen LogP contribution in [0.1, 0.15) is 73.3 Å². The Balaban J connectivity index is 1.38. The van der Waals surface area contributed by atoms with E-state index >= 15 is 0 Å². The molecule has 0 aliphatic carbocycles. The molecule has 1 fully saturated rings. The van der Waals surface area contributed by atoms with Crippen LogP contribution in [-0.2, 0) is 22.6 Å². The highest BCUT2D eigenvalue weighted by Crippen LogP contribution is 2.41. The van der Waals surface area contributed by atoms with Crippen molar-refractivity contribution >= 4 is 5.97 Å². The quantitative estimate of drug-likeness (QED) is 0.0830. The Morgan fingerprint density at radius 3 is 2.14 bits per heavy atom. The number of nitrogens with zero attached hydrogens (tertiary/aromatic N) is 1. The van der Waals surface area contributed by atoms with Gasteiger partial charge in [-0.15, -0.1) is 0 Å². The van der Waals surface area contributed by atoms with Gasteiger partial charge in [-0.25, -0.2) is 4.79 Å². The molecule has 0 bridgehead atoms. The van der Waals surface area contributed by atoms with Gasteiger partial charge in [-0.3, -0.25) is 4.90 Å². The highest BCUT2D eigenvalue weighted by molar-refractivity contribution is 5.68. The molecule has 1 aliphatic heterocycles. The van der Waals surface area contributed by atoms with Crippen molar-refractivity contribution in [3.8, 4) is 40.2 Å². The van der Waals surface area contributed by atoms with Gasteiger partial charge >= 0.3 is 5.97 Å². The topological polar surface area (TPSA) is 114 Å². The Kier molecular flexibility index (Phi) is 15.9. The first-order valence-electron chi connectivity index (χ1n) is 19.3. The van der Waals surface area contributed by atoms with Gasteiger partial charge in [0.05, 0.1) is 48.3 Å². The monoisotopic (exact) mass is 771 g/mol. The summed E-state index contributed by atoms with van der Waals surface area (Å²) in [5, 5.41) is 9.18. The fraction of sp³-hybridized carbons (Fsp3) is 0.444. The zero-order chi connectivity index (χ0) is 39.9. The standard InChI is InChI=1S/C45H57NO10/c1-7-32(34-25-42(51-4)45(53-6)43(26-34)52-5)27-46-23-13-12-15-35(46)29-55-39(21-19-31-20-22-40(49-2)41(24-31)50-3)36-16-9-11-18-38(36)54-28-33-14-8-10-17-37(33)56-30-44(47)48/h8-11,14,16-18,20,22,24-26,32,35,39H,7,12-13,15,19,21,23,27-30H2,1-6H3,(H,47,48)/t32-,35+,39-/m1/s1. The fourth-order valence-corrected chi connectivity index (χ4v) is 7.41. The average molecular weight is 772 g/mol. The van der Waals surface area contributed by atoms with E-state index in [1.165, 1.54) is 0 Å². The smallest absolute Gasteiger partial charge is 0.341 e. The van der Waals surface area contributed by atoms with Crippen molar-refractivity contribution in [2.75, 3.05) is 61.9 Å². The van der Waals surface area contributed by atoms with Crippen molar-refractivity contribution in [1.82, 2.24) is 4.90 Å². The Morgan fingerprint density at radius 1 is 0.768 bits per heavy atom. The molecule has 1 saturated heterocycles. The first kappa shape index (κ1) is 42.0. The number of rotatable bonds is 22. The van der Waals surface area contributed by atoms with Crippen LogP contribution in [0.15, 0.2) is 78.9 Å². The summed E-state index contributed by atoms with van der Waals surface area (Å²) >= 11 is 0. The van der Waals surface area contributed by atoms with Crippen LogP contribution >= 0.6 is 0 Å². The van der Waals surface area contributed by atoms with Crippen molar-refractivity contribution in [3.05, 3.63) is 101 Å². The molecule has 56 heavy (non-hydrogen) atoms. The number of aryl methyl sites for hydroxylation is 1. The summed E-state index contributed by atoms with van der Waals surface area (Å²) < 4.78 is 47.1. The number of methoxy groups -OCH3 is 5. The molecule has 4 aromatic carbocycles. The van der Waals surface area contributed by atoms with E-state index in [-0.39, 0.29) is 24.7 Å². The SMILES string of the molecule is CC[C@H](CN1CCCC[C@H]1CO[C@H](CCc1ccc(OC)c(OC)c1)c1ccccc1OCc1ccccc1OCC(=O)O)c1cc(OC)c(OC)c(OC)c1. The molecule has 3 atom stereocenters. The molecule has 0 aromatic heterocycles. The van der Waals surface area contributed by atoms with Crippen molar-refractivity contribution in [3.63, 3.8) is 0 Å². The van der Waals surface area contributed by atoms with Gasteiger partial charge in [0.2, 0.25) is 5.75 Å². The molecule has 1 heterocycles. The summed E-state index contributed by atoms with van der Waals surface area (Å²) in [6.45, 7) is 4.42. The maximum atomic E-state index is 11.2. The van der Waals surface area contributed by atoms with E-state index < -0.39 is 12.6 Å². The second kappa shape index (κ2) is 21.2. The van der Waals surface area contributed by atoms with Crippen LogP contribution in [0.2, 0.25) is 0 Å². The molecule has 4 aromatic rings. The number of ether oxygens (including phenoxy) is 8. The van der Waals surface area contributed by atoms with Gasteiger partial charge in [0.1, 0.15) is 18.1 Å². The molecule has 0 radical (unpaired) electrons. The number of likely N-dealkylation sites (tertiary alicyclic amines) is 1. The zero-order valence-electron chi connectivity index (χ0n) is 33.6. The van der Waals surface area contributed by atoms with Gasteiger partial charge < -0.3 is 43.0 Å². The molecule has 302 valence electrons. The number of para-hydroxylation sites is 2. The zero-order valence-corrected chi connectivity index (χ0v) is 33.6. The lowest BCUT2D eigenvalue weighted by atomic mass is 9.92. The average Bonchev–Trinajstić information content (AvgIpc) is 3.24. The van der Waals surface area contributed by atoms with E-state index in [1.54, 1.807) is 41.6 Å². The van der Waals surface area contributed by atoms with Crippen molar-refractivity contribution in [1.29, 1.82) is 0 Å². The minimum atomic E-state index is -1.04. The maximum absolute atomic E-state index is 11.2. The van der Waals surface area contributed by atoms with E-state index in [0.717, 1.165) is 67.4 Å². The summed E-state index contributed by atoms with van der Waals surface area (Å²) in [5.74, 6) is 3.67. The first-order valence-corrected chi connectivity index (χ1v) is 19.3. The van der Waals surface area contributed by atoms with Crippen LogP contribution in [0.3, 0.4) is 0 Å². The van der Waals surface area contributed by atoms with E-state index in [0.29, 0.717) is 53.3 Å². The van der Waals surface area contributed by atoms with Crippen LogP contribution in [-0.4, -0.2) is 83.9 Å². The Morgan fingerprint density at radius 2 is 1.46 bits per heavy atom. The first-order chi connectivity index (χ1) is 27.3. The highest BCUT2D eigenvalue weighted by Gasteiger charge is 2.29. The summed E-state index contributed by atoms with van der Waals surface area (Å²) in [4.78, 5) is 13.8. The van der Waals surface area contributed by atoms with Crippen LogP contribution in [0, 0.1) is 0 Å². The maximum Gasteiger partial charge on any atom is 0.341 e. The van der Waals surface area contributed by atoms with Crippen molar-refractivity contribution < 1.29 is 47.8 Å².